The van der Waals surface area contributed by atoms with Crippen LogP contribution in [0.3, 0.4) is 0 Å². The molecule has 0 atom stereocenters. The number of H-pyrrole nitrogens is 1. The van der Waals surface area contributed by atoms with E-state index < -0.39 is 22.3 Å². The number of aromatic nitrogens is 4. The summed E-state index contributed by atoms with van der Waals surface area (Å²) >= 11 is 7.18. The standard InChI is InChI=1S/C24H16ClFN6O3S/c25-14-5-8-16(9-6-14)31-23(18-12-27-19-4-2-1-3-17(18)19)29-30-24(31)36-13-22(33)28-20-10-7-15(26)11-21(20)32(34)35/h1-12,27H,13H2,(H,28,33). The Morgan fingerprint density at radius 2 is 1.92 bits per heavy atom. The molecule has 180 valence electrons. The summed E-state index contributed by atoms with van der Waals surface area (Å²) in [5.41, 5.74) is 1.88. The van der Waals surface area contributed by atoms with Crippen molar-refractivity contribution in [2.24, 2.45) is 0 Å². The maximum Gasteiger partial charge on any atom is 0.295 e. The van der Waals surface area contributed by atoms with Gasteiger partial charge in [-0.3, -0.25) is 19.5 Å². The third-order valence-corrected chi connectivity index (χ3v) is 6.49. The van der Waals surface area contributed by atoms with Gasteiger partial charge in [0, 0.05) is 33.4 Å². The van der Waals surface area contributed by atoms with Crippen molar-refractivity contribution in [2.45, 2.75) is 5.16 Å². The first-order chi connectivity index (χ1) is 17.4. The van der Waals surface area contributed by atoms with E-state index >= 15 is 0 Å². The summed E-state index contributed by atoms with van der Waals surface area (Å²) in [6, 6.07) is 17.8. The van der Waals surface area contributed by atoms with Crippen LogP contribution in [0, 0.1) is 15.9 Å². The number of fused-ring (bicyclic) bond motifs is 1. The average molecular weight is 523 g/mol. The van der Waals surface area contributed by atoms with Crippen molar-refractivity contribution < 1.29 is 14.1 Å². The van der Waals surface area contributed by atoms with Crippen LogP contribution < -0.4 is 5.32 Å². The highest BCUT2D eigenvalue weighted by molar-refractivity contribution is 7.99. The highest BCUT2D eigenvalue weighted by Crippen LogP contribution is 2.33. The predicted octanol–water partition coefficient (Wildman–Crippen LogP) is 5.85. The van der Waals surface area contributed by atoms with E-state index in [1.165, 1.54) is 0 Å². The van der Waals surface area contributed by atoms with Gasteiger partial charge < -0.3 is 10.3 Å². The Labute approximate surface area is 212 Å². The van der Waals surface area contributed by atoms with Gasteiger partial charge >= 0.3 is 0 Å². The molecule has 2 N–H and O–H groups in total. The quantitative estimate of drug-likeness (QED) is 0.157. The van der Waals surface area contributed by atoms with Gasteiger partial charge in [0.05, 0.1) is 16.7 Å². The smallest absolute Gasteiger partial charge is 0.295 e. The Balaban J connectivity index is 1.45. The van der Waals surface area contributed by atoms with Crippen molar-refractivity contribution in [3.8, 4) is 17.1 Å². The molecule has 0 aliphatic rings. The Morgan fingerprint density at radius 3 is 2.69 bits per heavy atom. The lowest BCUT2D eigenvalue weighted by molar-refractivity contribution is -0.384. The molecule has 0 unspecified atom stereocenters. The van der Waals surface area contributed by atoms with Gasteiger partial charge in [-0.1, -0.05) is 41.6 Å². The zero-order chi connectivity index (χ0) is 25.2. The number of nitrogens with zero attached hydrogens (tertiary/aromatic N) is 4. The Kier molecular flexibility index (Phi) is 6.40. The molecule has 0 radical (unpaired) electrons. The van der Waals surface area contributed by atoms with Crippen LogP contribution in [0.25, 0.3) is 28.0 Å². The minimum atomic E-state index is -0.769. The minimum absolute atomic E-state index is 0.0920. The summed E-state index contributed by atoms with van der Waals surface area (Å²) in [6.07, 6.45) is 1.84. The second kappa shape index (κ2) is 9.80. The molecule has 0 bridgehead atoms. The number of hydrogen-bond donors (Lipinski definition) is 2. The van der Waals surface area contributed by atoms with Gasteiger partial charge in [-0.25, -0.2) is 4.39 Å². The lowest BCUT2D eigenvalue weighted by Gasteiger charge is -2.10. The van der Waals surface area contributed by atoms with Crippen LogP contribution in [0.2, 0.25) is 5.02 Å². The van der Waals surface area contributed by atoms with Crippen molar-refractivity contribution >= 4 is 51.5 Å². The van der Waals surface area contributed by atoms with E-state index in [9.17, 15) is 19.3 Å². The zero-order valence-corrected chi connectivity index (χ0v) is 19.9. The fraction of sp³-hybridized carbons (Fsp3) is 0.0417. The molecule has 12 heteroatoms. The number of anilines is 1. The van der Waals surface area contributed by atoms with Crippen LogP contribution in [0.5, 0.6) is 0 Å². The monoisotopic (exact) mass is 522 g/mol. The number of nitro benzene ring substituents is 1. The van der Waals surface area contributed by atoms with E-state index in [0.717, 1.165) is 52.1 Å². The number of carbonyl (C=O) groups is 1. The Bertz CT molecular complexity index is 1600. The molecular weight excluding hydrogens is 507 g/mol. The molecule has 1 amide bonds. The van der Waals surface area contributed by atoms with Gasteiger partial charge in [0.15, 0.2) is 11.0 Å². The molecule has 2 heterocycles. The summed E-state index contributed by atoms with van der Waals surface area (Å²) in [4.78, 5) is 26.3. The lowest BCUT2D eigenvalue weighted by Crippen LogP contribution is -2.15. The van der Waals surface area contributed by atoms with Gasteiger partial charge in [-0.2, -0.15) is 0 Å². The second-order valence-corrected chi connectivity index (χ2v) is 9.00. The highest BCUT2D eigenvalue weighted by atomic mass is 35.5. The largest absolute Gasteiger partial charge is 0.360 e. The molecule has 0 saturated carbocycles. The fourth-order valence-electron chi connectivity index (χ4n) is 3.70. The number of rotatable bonds is 7. The first kappa shape index (κ1) is 23.5. The van der Waals surface area contributed by atoms with Crippen LogP contribution in [0.4, 0.5) is 15.8 Å². The molecule has 0 aliphatic carbocycles. The number of hydrogen-bond acceptors (Lipinski definition) is 6. The van der Waals surface area contributed by atoms with E-state index in [1.54, 1.807) is 12.1 Å². The molecule has 0 aliphatic heterocycles. The first-order valence-electron chi connectivity index (χ1n) is 10.5. The molecule has 5 rings (SSSR count). The summed E-state index contributed by atoms with van der Waals surface area (Å²) in [6.45, 7) is 0. The fourth-order valence-corrected chi connectivity index (χ4v) is 4.57. The Morgan fingerprint density at radius 1 is 1.14 bits per heavy atom. The summed E-state index contributed by atoms with van der Waals surface area (Å²) in [7, 11) is 0. The van der Waals surface area contributed by atoms with Crippen LogP contribution in [-0.2, 0) is 4.79 Å². The molecule has 36 heavy (non-hydrogen) atoms. The zero-order valence-electron chi connectivity index (χ0n) is 18.3. The third kappa shape index (κ3) is 4.66. The van der Waals surface area contributed by atoms with Gasteiger partial charge in [0.2, 0.25) is 5.91 Å². The molecule has 0 spiro atoms. The molecule has 0 saturated heterocycles. The number of halogens is 2. The summed E-state index contributed by atoms with van der Waals surface area (Å²) < 4.78 is 15.2. The number of nitrogens with one attached hydrogen (secondary N) is 2. The van der Waals surface area contributed by atoms with Crippen molar-refractivity contribution in [1.82, 2.24) is 19.7 Å². The van der Waals surface area contributed by atoms with E-state index in [0.29, 0.717) is 16.0 Å². The number of thioether (sulfide) groups is 1. The maximum atomic E-state index is 13.4. The minimum Gasteiger partial charge on any atom is -0.360 e. The summed E-state index contributed by atoms with van der Waals surface area (Å²) in [5.74, 6) is -0.843. The van der Waals surface area contributed by atoms with Crippen LogP contribution >= 0.6 is 23.4 Å². The van der Waals surface area contributed by atoms with Crippen molar-refractivity contribution in [3.05, 3.63) is 93.9 Å². The third-order valence-electron chi connectivity index (χ3n) is 5.31. The number of aromatic amines is 1. The van der Waals surface area contributed by atoms with Crippen molar-refractivity contribution in [2.75, 3.05) is 11.1 Å². The van der Waals surface area contributed by atoms with E-state index in [-0.39, 0.29) is 11.4 Å². The molecular formula is C24H16ClFN6O3S. The van der Waals surface area contributed by atoms with Crippen LogP contribution in [0.15, 0.2) is 78.1 Å². The van der Waals surface area contributed by atoms with Crippen molar-refractivity contribution in [1.29, 1.82) is 0 Å². The van der Waals surface area contributed by atoms with Gasteiger partial charge in [-0.05, 0) is 42.5 Å². The summed E-state index contributed by atoms with van der Waals surface area (Å²) in [5, 5.41) is 24.3. The average Bonchev–Trinajstić information content (AvgIpc) is 3.48. The molecule has 5 aromatic rings. The lowest BCUT2D eigenvalue weighted by atomic mass is 10.1. The number of amides is 1. The number of benzene rings is 3. The maximum absolute atomic E-state index is 13.4. The molecule has 9 nitrogen and oxygen atoms in total. The van der Waals surface area contributed by atoms with Gasteiger partial charge in [-0.15, -0.1) is 10.2 Å². The molecule has 0 fully saturated rings. The van der Waals surface area contributed by atoms with Gasteiger partial charge in [0.25, 0.3) is 5.69 Å². The molecule has 3 aromatic carbocycles. The van der Waals surface area contributed by atoms with Crippen molar-refractivity contribution in [3.63, 3.8) is 0 Å². The van der Waals surface area contributed by atoms with Crippen LogP contribution in [-0.4, -0.2) is 36.3 Å². The number of nitro groups is 1. The predicted molar refractivity (Wildman–Crippen MR) is 136 cm³/mol. The van der Waals surface area contributed by atoms with E-state index in [4.69, 9.17) is 11.6 Å². The molecule has 2 aromatic heterocycles. The first-order valence-corrected chi connectivity index (χ1v) is 11.9. The normalized spacial score (nSPS) is 11.1. The van der Waals surface area contributed by atoms with E-state index in [2.05, 4.69) is 20.5 Å². The Hall–Kier alpha value is -4.22. The SMILES string of the molecule is O=C(CSc1nnc(-c2c[nH]c3ccccc23)n1-c1ccc(Cl)cc1)Nc1ccc(F)cc1[N+](=O)[O-]. The van der Waals surface area contributed by atoms with E-state index in [1.807, 2.05) is 47.2 Å². The highest BCUT2D eigenvalue weighted by Gasteiger charge is 2.21. The van der Waals surface area contributed by atoms with Gasteiger partial charge in [0.1, 0.15) is 11.5 Å². The number of carbonyl (C=O) groups excluding carboxylic acids is 1. The number of para-hydroxylation sites is 1. The second-order valence-electron chi connectivity index (χ2n) is 7.62. The topological polar surface area (TPSA) is 119 Å². The van der Waals surface area contributed by atoms with Crippen LogP contribution in [0.1, 0.15) is 0 Å².